The van der Waals surface area contributed by atoms with Crippen molar-refractivity contribution in [3.05, 3.63) is 143 Å². The van der Waals surface area contributed by atoms with E-state index >= 15 is 4.39 Å². The average molecular weight is 589 g/mol. The van der Waals surface area contributed by atoms with Crippen LogP contribution in [0.2, 0.25) is 0 Å². The molecule has 2 heterocycles. The van der Waals surface area contributed by atoms with Crippen LogP contribution in [-0.2, 0) is 26.3 Å². The van der Waals surface area contributed by atoms with Gasteiger partial charge in [-0.3, -0.25) is 4.79 Å². The third kappa shape index (κ3) is 5.18. The molecular weight excluding hydrogens is 555 g/mol. The number of anilines is 1. The summed E-state index contributed by atoms with van der Waals surface area (Å²) in [5.74, 6) is -0.934. The maximum absolute atomic E-state index is 16.3. The first-order valence-electron chi connectivity index (χ1n) is 14.6. The number of methoxy groups -OCH3 is 1. The van der Waals surface area contributed by atoms with Crippen molar-refractivity contribution >= 4 is 28.5 Å². The third-order valence-electron chi connectivity index (χ3n) is 8.43. The van der Waals surface area contributed by atoms with Gasteiger partial charge in [-0.05, 0) is 34.7 Å². The Bertz CT molecular complexity index is 1690. The van der Waals surface area contributed by atoms with Crippen molar-refractivity contribution in [3.63, 3.8) is 0 Å². The van der Waals surface area contributed by atoms with Crippen LogP contribution in [0.1, 0.15) is 28.7 Å². The van der Waals surface area contributed by atoms with Crippen LogP contribution in [-0.4, -0.2) is 47.5 Å². The van der Waals surface area contributed by atoms with Crippen molar-refractivity contribution in [2.75, 3.05) is 19.0 Å². The number of rotatable bonds is 9. The number of fused-ring (bicyclic) bond motifs is 1. The van der Waals surface area contributed by atoms with Gasteiger partial charge in [0.15, 0.2) is 0 Å². The van der Waals surface area contributed by atoms with Gasteiger partial charge in [-0.2, -0.15) is 0 Å². The summed E-state index contributed by atoms with van der Waals surface area (Å²) in [5, 5.41) is 4.66. The van der Waals surface area contributed by atoms with Gasteiger partial charge in [0.2, 0.25) is 5.91 Å². The fourth-order valence-corrected chi connectivity index (χ4v) is 6.18. The molecular formula is C36H33FN4O3. The fourth-order valence-electron chi connectivity index (χ4n) is 6.18. The Hall–Kier alpha value is -5.08. The molecule has 3 N–H and O–H groups in total. The van der Waals surface area contributed by atoms with Crippen LogP contribution in [0.4, 0.5) is 10.2 Å². The number of ether oxygens (including phenoxy) is 1. The molecule has 5 aromatic rings. The Morgan fingerprint density at radius 1 is 0.932 bits per heavy atom. The first-order valence-corrected chi connectivity index (χ1v) is 14.6. The standard InChI is InChI=1S/C36H33FN4O3/c1-44-35(43)31(41-22-20-30(38)34(41)42)23-24-17-18-29-28(32(24)37)19-21-39-33(29)40-36(25-11-5-2-6-12-25,26-13-7-3-8-14-26)27-15-9-4-10-16-27/h2-19,21,30-31H,20,22-23,38H2,1H3,(H,39,40)/t30-,31+/m0/s1. The van der Waals surface area contributed by atoms with Crippen molar-refractivity contribution < 1.29 is 18.7 Å². The van der Waals surface area contributed by atoms with E-state index in [9.17, 15) is 9.59 Å². The number of likely N-dealkylation sites (tertiary alicyclic amines) is 1. The molecule has 1 saturated heterocycles. The van der Waals surface area contributed by atoms with Gasteiger partial charge >= 0.3 is 5.97 Å². The molecule has 0 bridgehead atoms. The lowest BCUT2D eigenvalue weighted by atomic mass is 9.77. The maximum atomic E-state index is 16.3. The van der Waals surface area contributed by atoms with Crippen LogP contribution < -0.4 is 11.1 Å². The highest BCUT2D eigenvalue weighted by Crippen LogP contribution is 2.41. The van der Waals surface area contributed by atoms with Gasteiger partial charge < -0.3 is 20.7 Å². The number of nitrogens with two attached hydrogens (primary N) is 1. The van der Waals surface area contributed by atoms with E-state index in [1.165, 1.54) is 12.0 Å². The lowest BCUT2D eigenvalue weighted by Crippen LogP contribution is -2.46. The Labute approximate surface area is 255 Å². The number of amides is 1. The number of nitrogens with zero attached hydrogens (tertiary/aromatic N) is 2. The summed E-state index contributed by atoms with van der Waals surface area (Å²) in [7, 11) is 1.26. The molecule has 44 heavy (non-hydrogen) atoms. The predicted molar refractivity (Wildman–Crippen MR) is 168 cm³/mol. The summed E-state index contributed by atoms with van der Waals surface area (Å²) in [4.78, 5) is 31.5. The summed E-state index contributed by atoms with van der Waals surface area (Å²) in [6.45, 7) is 0.313. The van der Waals surface area contributed by atoms with E-state index in [2.05, 4.69) is 41.7 Å². The van der Waals surface area contributed by atoms with Crippen LogP contribution in [0.25, 0.3) is 10.8 Å². The number of esters is 1. The first-order chi connectivity index (χ1) is 21.4. The zero-order valence-corrected chi connectivity index (χ0v) is 24.3. The second-order valence-corrected chi connectivity index (χ2v) is 10.9. The molecule has 0 unspecified atom stereocenters. The van der Waals surface area contributed by atoms with E-state index in [0.717, 1.165) is 16.7 Å². The second kappa shape index (κ2) is 12.3. The highest BCUT2D eigenvalue weighted by atomic mass is 19.1. The molecule has 222 valence electrons. The Morgan fingerprint density at radius 3 is 2.00 bits per heavy atom. The molecule has 1 aliphatic heterocycles. The Morgan fingerprint density at radius 2 is 1.50 bits per heavy atom. The molecule has 7 nitrogen and oxygen atoms in total. The smallest absolute Gasteiger partial charge is 0.328 e. The molecule has 4 aromatic carbocycles. The SMILES string of the molecule is COC(=O)[C@@H](Cc1ccc2c(NC(c3ccccc3)(c3ccccc3)c3ccccc3)nccc2c1F)N1CC[C@H](N)C1=O. The van der Waals surface area contributed by atoms with E-state index in [1.807, 2.05) is 54.6 Å². The van der Waals surface area contributed by atoms with Crippen LogP contribution in [0.15, 0.2) is 115 Å². The van der Waals surface area contributed by atoms with Crippen LogP contribution in [0.5, 0.6) is 0 Å². The van der Waals surface area contributed by atoms with Crippen LogP contribution in [0.3, 0.4) is 0 Å². The number of nitrogens with one attached hydrogen (secondary N) is 1. The molecule has 1 fully saturated rings. The summed E-state index contributed by atoms with van der Waals surface area (Å²) in [6.07, 6.45) is 1.96. The number of halogens is 1. The number of benzene rings is 4. The third-order valence-corrected chi connectivity index (χ3v) is 8.43. The molecule has 1 aromatic heterocycles. The lowest BCUT2D eigenvalue weighted by Gasteiger charge is -2.37. The first kappa shape index (κ1) is 29.0. The van der Waals surface area contributed by atoms with E-state index in [0.29, 0.717) is 35.1 Å². The van der Waals surface area contributed by atoms with Crippen LogP contribution >= 0.6 is 0 Å². The normalized spacial score (nSPS) is 15.8. The highest BCUT2D eigenvalue weighted by molar-refractivity contribution is 5.94. The van der Waals surface area contributed by atoms with Crippen LogP contribution in [0, 0.1) is 5.82 Å². The molecule has 6 rings (SSSR count). The summed E-state index contributed by atoms with van der Waals surface area (Å²) in [5.41, 5.74) is 8.31. The summed E-state index contributed by atoms with van der Waals surface area (Å²) in [6, 6.07) is 33.7. The predicted octanol–water partition coefficient (Wildman–Crippen LogP) is 5.42. The second-order valence-electron chi connectivity index (χ2n) is 10.9. The number of hydrogen-bond donors (Lipinski definition) is 2. The molecule has 0 spiro atoms. The number of carbonyl (C=O) groups excluding carboxylic acids is 2. The van der Waals surface area contributed by atoms with Crippen molar-refractivity contribution in [1.29, 1.82) is 0 Å². The molecule has 2 atom stereocenters. The largest absolute Gasteiger partial charge is 0.467 e. The van der Waals surface area contributed by atoms with E-state index in [1.54, 1.807) is 24.4 Å². The minimum absolute atomic E-state index is 0.0417. The molecule has 0 radical (unpaired) electrons. The molecule has 0 saturated carbocycles. The molecule has 1 amide bonds. The minimum Gasteiger partial charge on any atom is -0.467 e. The van der Waals surface area contributed by atoms with Crippen molar-refractivity contribution in [2.45, 2.75) is 30.5 Å². The number of hydrogen-bond acceptors (Lipinski definition) is 6. The number of pyridine rings is 1. The highest BCUT2D eigenvalue weighted by Gasteiger charge is 2.39. The number of aromatic nitrogens is 1. The van der Waals surface area contributed by atoms with Crippen molar-refractivity contribution in [1.82, 2.24) is 9.88 Å². The topological polar surface area (TPSA) is 97.6 Å². The van der Waals surface area contributed by atoms with Gasteiger partial charge in [-0.15, -0.1) is 0 Å². The lowest BCUT2D eigenvalue weighted by molar-refractivity contribution is -0.151. The minimum atomic E-state index is -0.977. The van der Waals surface area contributed by atoms with E-state index < -0.39 is 29.4 Å². The summed E-state index contributed by atoms with van der Waals surface area (Å²) >= 11 is 0. The zero-order chi connectivity index (χ0) is 30.7. The fraction of sp³-hybridized carbons (Fsp3) is 0.194. The average Bonchev–Trinajstić information content (AvgIpc) is 3.41. The van der Waals surface area contributed by atoms with E-state index in [4.69, 9.17) is 15.5 Å². The van der Waals surface area contributed by atoms with Crippen molar-refractivity contribution in [3.8, 4) is 0 Å². The summed E-state index contributed by atoms with van der Waals surface area (Å²) < 4.78 is 21.3. The number of carbonyl (C=O) groups is 2. The quantitative estimate of drug-likeness (QED) is 0.176. The van der Waals surface area contributed by atoms with Gasteiger partial charge in [0.05, 0.1) is 13.2 Å². The molecule has 1 aliphatic rings. The van der Waals surface area contributed by atoms with Gasteiger partial charge in [-0.25, -0.2) is 14.2 Å². The zero-order valence-electron chi connectivity index (χ0n) is 24.3. The van der Waals surface area contributed by atoms with Gasteiger partial charge in [-0.1, -0.05) is 103 Å². The molecule has 0 aliphatic carbocycles. The van der Waals surface area contributed by atoms with Gasteiger partial charge in [0, 0.05) is 29.9 Å². The van der Waals surface area contributed by atoms with Crippen molar-refractivity contribution in [2.24, 2.45) is 5.73 Å². The monoisotopic (exact) mass is 588 g/mol. The van der Waals surface area contributed by atoms with E-state index in [-0.39, 0.29) is 12.3 Å². The Balaban J connectivity index is 1.46. The van der Waals surface area contributed by atoms with Gasteiger partial charge in [0.1, 0.15) is 23.2 Å². The van der Waals surface area contributed by atoms with Gasteiger partial charge in [0.25, 0.3) is 0 Å². The maximum Gasteiger partial charge on any atom is 0.328 e. The Kier molecular flexibility index (Phi) is 8.09. The molecule has 8 heteroatoms.